The van der Waals surface area contributed by atoms with Gasteiger partial charge in [0, 0.05) is 17.0 Å². The molecule has 0 aliphatic rings. The van der Waals surface area contributed by atoms with Crippen LogP contribution in [-0.4, -0.2) is 12.3 Å². The number of rotatable bonds is 8. The van der Waals surface area contributed by atoms with Crippen LogP contribution in [0.4, 0.5) is 0 Å². The number of benzene rings is 1. The van der Waals surface area contributed by atoms with E-state index in [9.17, 15) is 4.79 Å². The van der Waals surface area contributed by atoms with Crippen molar-refractivity contribution in [2.45, 2.75) is 39.0 Å². The van der Waals surface area contributed by atoms with Gasteiger partial charge in [0.2, 0.25) is 0 Å². The van der Waals surface area contributed by atoms with E-state index in [2.05, 4.69) is 6.92 Å². The Labute approximate surface area is 115 Å². The highest BCUT2D eigenvalue weighted by molar-refractivity contribution is 6.30. The summed E-state index contributed by atoms with van der Waals surface area (Å²) in [7, 11) is 0. The molecule has 2 N–H and O–H groups in total. The summed E-state index contributed by atoms with van der Waals surface area (Å²) in [5, 5.41) is 0.665. The Balaban J connectivity index is 2.35. The van der Waals surface area contributed by atoms with E-state index in [1.165, 1.54) is 0 Å². The molecule has 0 fully saturated rings. The molecule has 1 rings (SSSR count). The van der Waals surface area contributed by atoms with Gasteiger partial charge in [-0.25, -0.2) is 0 Å². The summed E-state index contributed by atoms with van der Waals surface area (Å²) in [6.07, 6.45) is 4.88. The molecule has 1 atom stereocenters. The van der Waals surface area contributed by atoms with Crippen LogP contribution in [0, 0.1) is 5.92 Å². The number of Topliss-reactive ketones (excluding diaryl/α,β-unsaturated/α-hetero) is 1. The lowest BCUT2D eigenvalue weighted by atomic mass is 9.95. The zero-order valence-corrected chi connectivity index (χ0v) is 11.7. The zero-order valence-electron chi connectivity index (χ0n) is 11.0. The second-order valence-electron chi connectivity index (χ2n) is 4.71. The highest BCUT2D eigenvalue weighted by atomic mass is 35.5. The minimum Gasteiger partial charge on any atom is -0.330 e. The summed E-state index contributed by atoms with van der Waals surface area (Å²) >= 11 is 5.79. The summed E-state index contributed by atoms with van der Waals surface area (Å²) in [5.41, 5.74) is 6.45. The molecule has 0 heterocycles. The summed E-state index contributed by atoms with van der Waals surface area (Å²) in [4.78, 5) is 11.9. The van der Waals surface area contributed by atoms with Gasteiger partial charge in [-0.1, -0.05) is 24.9 Å². The maximum absolute atomic E-state index is 11.9. The van der Waals surface area contributed by atoms with E-state index >= 15 is 0 Å². The molecular formula is C15H22ClNO. The third-order valence-electron chi connectivity index (χ3n) is 3.21. The summed E-state index contributed by atoms with van der Waals surface area (Å²) in [5.74, 6) is 0.756. The van der Waals surface area contributed by atoms with Crippen LogP contribution in [-0.2, 0) is 0 Å². The number of carbonyl (C=O) groups is 1. The fourth-order valence-corrected chi connectivity index (χ4v) is 2.25. The maximum Gasteiger partial charge on any atom is 0.162 e. The van der Waals surface area contributed by atoms with Gasteiger partial charge in [-0.15, -0.1) is 0 Å². The van der Waals surface area contributed by atoms with Crippen molar-refractivity contribution in [3.8, 4) is 0 Å². The molecule has 0 aliphatic heterocycles. The molecule has 3 heteroatoms. The number of hydrogen-bond acceptors (Lipinski definition) is 2. The lowest BCUT2D eigenvalue weighted by Gasteiger charge is -2.12. The Hall–Kier alpha value is -0.860. The van der Waals surface area contributed by atoms with Gasteiger partial charge in [0.05, 0.1) is 0 Å². The molecule has 100 valence electrons. The number of carbonyl (C=O) groups excluding carboxylic acids is 1. The van der Waals surface area contributed by atoms with Crippen LogP contribution < -0.4 is 5.73 Å². The average Bonchev–Trinajstić information content (AvgIpc) is 2.38. The van der Waals surface area contributed by atoms with E-state index < -0.39 is 0 Å². The second-order valence-corrected chi connectivity index (χ2v) is 5.15. The van der Waals surface area contributed by atoms with Gasteiger partial charge in [0.15, 0.2) is 5.78 Å². The molecule has 0 spiro atoms. The van der Waals surface area contributed by atoms with Crippen molar-refractivity contribution in [1.82, 2.24) is 0 Å². The quantitative estimate of drug-likeness (QED) is 0.722. The van der Waals surface area contributed by atoms with Crippen molar-refractivity contribution < 1.29 is 4.79 Å². The third-order valence-corrected chi connectivity index (χ3v) is 3.46. The molecule has 0 saturated heterocycles. The SMILES string of the molecule is CCCC(CN)CCCC(=O)c1ccc(Cl)cc1. The van der Waals surface area contributed by atoms with Gasteiger partial charge in [0.1, 0.15) is 0 Å². The van der Waals surface area contributed by atoms with Crippen LogP contribution in [0.25, 0.3) is 0 Å². The van der Waals surface area contributed by atoms with Crippen LogP contribution in [0.15, 0.2) is 24.3 Å². The van der Waals surface area contributed by atoms with Crippen molar-refractivity contribution in [3.05, 3.63) is 34.9 Å². The molecule has 0 aromatic heterocycles. The van der Waals surface area contributed by atoms with Gasteiger partial charge in [-0.3, -0.25) is 4.79 Å². The molecule has 18 heavy (non-hydrogen) atoms. The molecular weight excluding hydrogens is 246 g/mol. The highest BCUT2D eigenvalue weighted by Crippen LogP contribution is 2.16. The van der Waals surface area contributed by atoms with E-state index in [1.54, 1.807) is 24.3 Å². The number of ketones is 1. The van der Waals surface area contributed by atoms with E-state index in [-0.39, 0.29) is 5.78 Å². The second kappa shape index (κ2) is 8.28. The van der Waals surface area contributed by atoms with Crippen molar-refractivity contribution in [2.75, 3.05) is 6.54 Å². The van der Waals surface area contributed by atoms with Gasteiger partial charge in [-0.2, -0.15) is 0 Å². The number of nitrogens with two attached hydrogens (primary N) is 1. The van der Waals surface area contributed by atoms with Crippen molar-refractivity contribution in [3.63, 3.8) is 0 Å². The van der Waals surface area contributed by atoms with Gasteiger partial charge in [-0.05, 0) is 56.0 Å². The molecule has 2 nitrogen and oxygen atoms in total. The number of halogens is 1. The minimum absolute atomic E-state index is 0.193. The predicted octanol–water partition coefficient (Wildman–Crippen LogP) is 4.07. The molecule has 1 aromatic rings. The van der Waals surface area contributed by atoms with E-state index in [0.717, 1.165) is 37.8 Å². The topological polar surface area (TPSA) is 43.1 Å². The first-order valence-electron chi connectivity index (χ1n) is 6.66. The number of hydrogen-bond donors (Lipinski definition) is 1. The monoisotopic (exact) mass is 267 g/mol. The van der Waals surface area contributed by atoms with E-state index in [4.69, 9.17) is 17.3 Å². The molecule has 0 amide bonds. The van der Waals surface area contributed by atoms with Gasteiger partial charge in [0.25, 0.3) is 0 Å². The Kier molecular flexibility index (Phi) is 6.99. The first-order valence-corrected chi connectivity index (χ1v) is 7.04. The smallest absolute Gasteiger partial charge is 0.162 e. The largest absolute Gasteiger partial charge is 0.330 e. The Morgan fingerprint density at radius 3 is 2.50 bits per heavy atom. The van der Waals surface area contributed by atoms with Crippen LogP contribution in [0.3, 0.4) is 0 Å². The van der Waals surface area contributed by atoms with E-state index in [1.807, 2.05) is 0 Å². The van der Waals surface area contributed by atoms with Crippen LogP contribution in [0.1, 0.15) is 49.4 Å². The van der Waals surface area contributed by atoms with E-state index in [0.29, 0.717) is 17.4 Å². The first kappa shape index (κ1) is 15.2. The zero-order chi connectivity index (χ0) is 13.4. The highest BCUT2D eigenvalue weighted by Gasteiger charge is 2.09. The Morgan fingerprint density at radius 1 is 1.28 bits per heavy atom. The molecule has 0 saturated carbocycles. The first-order chi connectivity index (χ1) is 8.67. The Morgan fingerprint density at radius 2 is 1.94 bits per heavy atom. The maximum atomic E-state index is 11.9. The summed E-state index contributed by atoms with van der Waals surface area (Å²) in [6, 6.07) is 7.09. The van der Waals surface area contributed by atoms with Gasteiger partial charge >= 0.3 is 0 Å². The van der Waals surface area contributed by atoms with Crippen LogP contribution in [0.5, 0.6) is 0 Å². The lowest BCUT2D eigenvalue weighted by molar-refractivity contribution is 0.0977. The molecule has 0 radical (unpaired) electrons. The molecule has 1 aromatic carbocycles. The normalized spacial score (nSPS) is 12.4. The third kappa shape index (κ3) is 5.19. The summed E-state index contributed by atoms with van der Waals surface area (Å²) in [6.45, 7) is 2.89. The lowest BCUT2D eigenvalue weighted by Crippen LogP contribution is -2.14. The van der Waals surface area contributed by atoms with Gasteiger partial charge < -0.3 is 5.73 Å². The molecule has 0 bridgehead atoms. The predicted molar refractivity (Wildman–Crippen MR) is 77.1 cm³/mol. The van der Waals surface area contributed by atoms with Crippen molar-refractivity contribution >= 4 is 17.4 Å². The molecule has 1 unspecified atom stereocenters. The Bertz CT molecular complexity index is 361. The summed E-state index contributed by atoms with van der Waals surface area (Å²) < 4.78 is 0. The average molecular weight is 268 g/mol. The van der Waals surface area contributed by atoms with Crippen molar-refractivity contribution in [2.24, 2.45) is 11.7 Å². The van der Waals surface area contributed by atoms with Crippen LogP contribution >= 0.6 is 11.6 Å². The minimum atomic E-state index is 0.193. The van der Waals surface area contributed by atoms with Crippen LogP contribution in [0.2, 0.25) is 5.02 Å². The fourth-order valence-electron chi connectivity index (χ4n) is 2.12. The standard InChI is InChI=1S/C15H22ClNO/c1-2-4-12(11-17)5-3-6-15(18)13-7-9-14(16)10-8-13/h7-10,12H,2-6,11,17H2,1H3. The molecule has 0 aliphatic carbocycles. The fraction of sp³-hybridized carbons (Fsp3) is 0.533. The van der Waals surface area contributed by atoms with Crippen molar-refractivity contribution in [1.29, 1.82) is 0 Å².